The van der Waals surface area contributed by atoms with Gasteiger partial charge in [-0.05, 0) is 43.9 Å². The lowest BCUT2D eigenvalue weighted by molar-refractivity contribution is -0.455. The van der Waals surface area contributed by atoms with Crippen molar-refractivity contribution in [2.75, 3.05) is 79.1 Å². The summed E-state index contributed by atoms with van der Waals surface area (Å²) in [4.78, 5) is 47.2. The molecule has 0 unspecified atom stereocenters. The van der Waals surface area contributed by atoms with Gasteiger partial charge in [-0.15, -0.1) is 0 Å². The largest absolute Gasteiger partial charge is 0.480 e. The zero-order valence-electron chi connectivity index (χ0n) is 60.5. The Labute approximate surface area is 617 Å². The number of carbonyl (C=O) groups excluding carboxylic acids is 1. The Hall–Kier alpha value is -4.60. The summed E-state index contributed by atoms with van der Waals surface area (Å²) in [6.45, 7) is -18.9. The van der Waals surface area contributed by atoms with Crippen molar-refractivity contribution in [2.24, 2.45) is 11.8 Å². The number of hydrogen-bond donors (Lipinski definition) is 4. The number of nitrogens with one attached hydrogen (secondary N) is 1. The number of carboxylic acid groups (broad SMARTS) is 3. The van der Waals surface area contributed by atoms with Crippen molar-refractivity contribution in [1.82, 2.24) is 10.2 Å². The number of aliphatic carboxylic acids is 3. The second-order valence-electron chi connectivity index (χ2n) is 26.9. The fourth-order valence-electron chi connectivity index (χ4n) is 10.9. The molecule has 46 heteroatoms. The van der Waals surface area contributed by atoms with E-state index in [1.165, 1.54) is 0 Å². The van der Waals surface area contributed by atoms with Gasteiger partial charge in [0, 0.05) is 19.8 Å². The van der Waals surface area contributed by atoms with Crippen LogP contribution in [0.1, 0.15) is 188 Å². The van der Waals surface area contributed by atoms with E-state index >= 15 is 35.1 Å². The van der Waals surface area contributed by atoms with Crippen LogP contribution in [-0.2, 0) is 42.9 Å². The van der Waals surface area contributed by atoms with Crippen molar-refractivity contribution in [3.8, 4) is 0 Å². The van der Waals surface area contributed by atoms with Gasteiger partial charge in [-0.2, -0.15) is 140 Å². The molecule has 0 bridgehead atoms. The molecular formula is C65H94F32N2O12. The van der Waals surface area contributed by atoms with Gasteiger partial charge in [0.2, 0.25) is 5.91 Å². The van der Waals surface area contributed by atoms with E-state index in [0.29, 0.717) is 81.9 Å². The molecule has 111 heavy (non-hydrogen) atoms. The molecule has 0 aromatic heterocycles. The number of hydrogen-bond acceptors (Lipinski definition) is 10. The molecule has 0 spiro atoms. The molecule has 0 aromatic carbocycles. The first-order valence-electron chi connectivity index (χ1n) is 35.1. The Kier molecular flexibility index (Phi) is 42.3. The van der Waals surface area contributed by atoms with E-state index < -0.39 is 241 Å². The summed E-state index contributed by atoms with van der Waals surface area (Å²) in [5.74, 6) is -141. The summed E-state index contributed by atoms with van der Waals surface area (Å²) in [6, 6.07) is -1.90. The Morgan fingerprint density at radius 3 is 0.829 bits per heavy atom. The van der Waals surface area contributed by atoms with Crippen LogP contribution in [0.5, 0.6) is 0 Å². The summed E-state index contributed by atoms with van der Waals surface area (Å²) in [6.07, 6.45) is 6.46. The van der Waals surface area contributed by atoms with E-state index in [-0.39, 0.29) is 12.8 Å². The fraction of sp³-hybridized carbons (Fsp3) is 0.938. The Balaban J connectivity index is 7.16. The van der Waals surface area contributed by atoms with Gasteiger partial charge in [0.15, 0.2) is 0 Å². The number of ether oxygens (including phenoxy) is 5. The van der Waals surface area contributed by atoms with Crippen LogP contribution in [0.4, 0.5) is 140 Å². The monoisotopic (exact) mass is 1700 g/mol. The van der Waals surface area contributed by atoms with Gasteiger partial charge in [-0.3, -0.25) is 24.1 Å². The van der Waals surface area contributed by atoms with Gasteiger partial charge in [0.1, 0.15) is 45.2 Å². The van der Waals surface area contributed by atoms with Crippen molar-refractivity contribution in [1.29, 1.82) is 0 Å². The quantitative estimate of drug-likeness (QED) is 0.0333. The minimum atomic E-state index is -9.06. The maximum Gasteiger partial charge on any atom is 0.385 e. The lowest BCUT2D eigenvalue weighted by atomic mass is 9.87. The van der Waals surface area contributed by atoms with Crippen LogP contribution in [0, 0.1) is 11.8 Å². The molecule has 660 valence electrons. The lowest BCUT2D eigenvalue weighted by Gasteiger charge is -2.43. The maximum atomic E-state index is 15.1. The van der Waals surface area contributed by atoms with Crippen LogP contribution in [0.25, 0.3) is 0 Å². The molecule has 0 aliphatic heterocycles. The molecule has 0 aliphatic rings. The Bertz CT molecular complexity index is 2560. The molecule has 0 radical (unpaired) electrons. The van der Waals surface area contributed by atoms with Crippen LogP contribution in [0.15, 0.2) is 0 Å². The zero-order valence-corrected chi connectivity index (χ0v) is 60.5. The number of amides is 1. The SMILES string of the molecule is CCCCCCC(CCCCCC)CCOCC(F)(F)C(F)(F)C(F)(F)C(F)(F)C(F)(F)C(F)(F)C(F)(F)C(F)(F)COCC(COCC(F)(F)C(F)(F)C(F)(F)C(F)(F)C(F)(F)C(F)(F)C(F)(F)C(F)(F)COCCC(CCCCCC)CCCCCC)OCC(=O)NCCCC[C@@H](C(=O)O)N(CC(=O)O)CC(=O)O. The predicted molar refractivity (Wildman–Crippen MR) is 329 cm³/mol. The first kappa shape index (κ1) is 106. The summed E-state index contributed by atoms with van der Waals surface area (Å²) >= 11 is 0. The molecule has 0 saturated heterocycles. The van der Waals surface area contributed by atoms with E-state index in [1.54, 1.807) is 5.32 Å². The van der Waals surface area contributed by atoms with E-state index in [0.717, 1.165) is 51.4 Å². The van der Waals surface area contributed by atoms with Crippen LogP contribution in [-0.4, -0.2) is 230 Å². The number of carbonyl (C=O) groups is 4. The van der Waals surface area contributed by atoms with Gasteiger partial charge < -0.3 is 44.3 Å². The van der Waals surface area contributed by atoms with Crippen LogP contribution in [0.3, 0.4) is 0 Å². The number of rotatable bonds is 66. The third kappa shape index (κ3) is 27.0. The van der Waals surface area contributed by atoms with Crippen molar-refractivity contribution >= 4 is 23.8 Å². The molecule has 0 aliphatic carbocycles. The second-order valence-corrected chi connectivity index (χ2v) is 26.9. The van der Waals surface area contributed by atoms with Gasteiger partial charge >= 0.3 is 113 Å². The second kappa shape index (κ2) is 44.1. The third-order valence-corrected chi connectivity index (χ3v) is 17.8. The van der Waals surface area contributed by atoms with Crippen LogP contribution in [0.2, 0.25) is 0 Å². The smallest absolute Gasteiger partial charge is 0.385 e. The number of alkyl halides is 32. The molecule has 1 amide bonds. The van der Waals surface area contributed by atoms with Gasteiger partial charge in [-0.1, -0.05) is 156 Å². The highest BCUT2D eigenvalue weighted by atomic mass is 19.4. The average molecular weight is 1700 g/mol. The summed E-state index contributed by atoms with van der Waals surface area (Å²) in [7, 11) is 0. The maximum absolute atomic E-state index is 15.1. The first-order chi connectivity index (χ1) is 50.5. The van der Waals surface area contributed by atoms with E-state index in [2.05, 4.69) is 23.7 Å². The molecule has 0 fully saturated rings. The molecule has 0 saturated carbocycles. The lowest BCUT2D eigenvalue weighted by Crippen LogP contribution is -2.75. The molecule has 4 N–H and O–H groups in total. The highest BCUT2D eigenvalue weighted by molar-refractivity contribution is 5.78. The van der Waals surface area contributed by atoms with Crippen molar-refractivity contribution in [2.45, 2.75) is 295 Å². The number of halogens is 32. The number of carboxylic acids is 3. The number of nitrogens with zero attached hydrogens (tertiary/aromatic N) is 1. The molecule has 1 atom stereocenters. The van der Waals surface area contributed by atoms with Crippen LogP contribution < -0.4 is 5.32 Å². The standard InChI is InChI=1S/C65H94F32N2O12/c1-5-9-13-17-23-42(24-18-14-10-6-2)28-31-107-38-50(66,67)54(74,75)58(82,83)62(90,91)64(94,95)60(86,87)56(78,79)52(70,71)40-109-35-44(111-37-46(100)98-30-22-21-27-45(49(105)106)99(33-47(101)102)34-48(103)104)36-110-41-53(72,73)57(80,81)61(88,89)65(96,97)63(92,93)59(84,85)55(76,77)51(68,69)39-108-32-29-43(25-19-15-11-7-3)26-20-16-12-8-4/h42-45H,5-41H2,1-4H3,(H,98,100)(H,101,102)(H,103,104)(H,105,106)/t45-/m0/s1. The summed E-state index contributed by atoms with van der Waals surface area (Å²) in [5.41, 5.74) is 0. The molecule has 0 rings (SSSR count). The molecule has 14 nitrogen and oxygen atoms in total. The summed E-state index contributed by atoms with van der Waals surface area (Å²) < 4.78 is 498. The topological polar surface area (TPSA) is 190 Å². The minimum Gasteiger partial charge on any atom is -0.480 e. The van der Waals surface area contributed by atoms with Crippen molar-refractivity contribution in [3.63, 3.8) is 0 Å². The van der Waals surface area contributed by atoms with E-state index in [4.69, 9.17) is 10.2 Å². The summed E-state index contributed by atoms with van der Waals surface area (Å²) in [5, 5.41) is 29.4. The van der Waals surface area contributed by atoms with E-state index in [9.17, 15) is 130 Å². The van der Waals surface area contributed by atoms with Gasteiger partial charge in [-0.25, -0.2) is 0 Å². The van der Waals surface area contributed by atoms with Gasteiger partial charge in [0.25, 0.3) is 0 Å². The van der Waals surface area contributed by atoms with Gasteiger partial charge in [0.05, 0.1) is 26.3 Å². The highest BCUT2D eigenvalue weighted by Gasteiger charge is 2.96. The Morgan fingerprint density at radius 2 is 0.577 bits per heavy atom. The number of unbranched alkanes of at least 4 members (excludes halogenated alkanes) is 13. The molecular weight excluding hydrogens is 1610 g/mol. The fourth-order valence-corrected chi connectivity index (χ4v) is 10.9. The Morgan fingerprint density at radius 1 is 0.324 bits per heavy atom. The molecule has 0 heterocycles. The zero-order chi connectivity index (χ0) is 86.6. The van der Waals surface area contributed by atoms with Crippen LogP contribution >= 0.6 is 0 Å². The van der Waals surface area contributed by atoms with Crippen molar-refractivity contribution in [3.05, 3.63) is 0 Å². The average Bonchev–Trinajstić information content (AvgIpc) is 0.700. The highest BCUT2D eigenvalue weighted by Crippen LogP contribution is 2.66. The minimum absolute atomic E-state index is 0.311. The normalized spacial score (nSPS) is 14.7. The first-order valence-corrected chi connectivity index (χ1v) is 35.1. The van der Waals surface area contributed by atoms with Crippen molar-refractivity contribution < 1.29 is 199 Å². The third-order valence-electron chi connectivity index (χ3n) is 17.8. The van der Waals surface area contributed by atoms with E-state index in [1.807, 2.05) is 27.7 Å². The predicted octanol–water partition coefficient (Wildman–Crippen LogP) is 19.7. The molecule has 0 aromatic rings.